The van der Waals surface area contributed by atoms with Crippen LogP contribution in [0.15, 0.2) is 42.6 Å². The normalized spacial score (nSPS) is 17.4. The van der Waals surface area contributed by atoms with Gasteiger partial charge in [-0.15, -0.1) is 0 Å². The van der Waals surface area contributed by atoms with Crippen LogP contribution in [-0.2, 0) is 0 Å². The molecule has 6 nitrogen and oxygen atoms in total. The monoisotopic (exact) mass is 370 g/mol. The molecule has 1 aliphatic heterocycles. The highest BCUT2D eigenvalue weighted by atomic mass is 31.1. The number of hydrazine groups is 1. The van der Waals surface area contributed by atoms with Gasteiger partial charge in [0.1, 0.15) is 5.80 Å². The number of para-hydroxylation sites is 1. The fraction of sp³-hybridized carbons (Fsp3) is 0.316. The lowest BCUT2D eigenvalue weighted by Crippen LogP contribution is -2.29. The van der Waals surface area contributed by atoms with E-state index >= 15 is 0 Å². The molecule has 1 aliphatic rings. The van der Waals surface area contributed by atoms with E-state index in [0.717, 1.165) is 36.3 Å². The molecule has 1 fully saturated rings. The molecule has 2 atom stereocenters. The summed E-state index contributed by atoms with van der Waals surface area (Å²) in [6, 6.07) is 11.3. The van der Waals surface area contributed by atoms with Crippen molar-refractivity contribution >= 4 is 36.2 Å². The summed E-state index contributed by atoms with van der Waals surface area (Å²) in [5.74, 6) is 9.20. The zero-order valence-corrected chi connectivity index (χ0v) is 16.0. The molecule has 7 heteroatoms. The van der Waals surface area contributed by atoms with E-state index in [9.17, 15) is 4.79 Å². The Labute approximate surface area is 155 Å². The Morgan fingerprint density at radius 2 is 2.15 bits per heavy atom. The largest absolute Gasteiger partial charge is 0.353 e. The van der Waals surface area contributed by atoms with Crippen LogP contribution < -0.4 is 26.6 Å². The Morgan fingerprint density at radius 1 is 1.38 bits per heavy atom. The molecule has 1 aromatic heterocycles. The number of hydrogen-bond donors (Lipinski definition) is 3. The third-order valence-electron chi connectivity index (χ3n) is 4.52. The summed E-state index contributed by atoms with van der Waals surface area (Å²) < 4.78 is 0. The van der Waals surface area contributed by atoms with Gasteiger partial charge in [0.2, 0.25) is 13.0 Å². The average Bonchev–Trinajstić information content (AvgIpc) is 3.09. The van der Waals surface area contributed by atoms with Gasteiger partial charge in [0.25, 0.3) is 5.91 Å². The number of benzene rings is 1. The van der Waals surface area contributed by atoms with Crippen molar-refractivity contribution < 1.29 is 4.79 Å². The summed E-state index contributed by atoms with van der Waals surface area (Å²) in [4.78, 5) is 19.6. The van der Waals surface area contributed by atoms with Gasteiger partial charge < -0.3 is 10.2 Å². The van der Waals surface area contributed by atoms with Crippen LogP contribution >= 0.6 is 7.70 Å². The number of nitrogens with one attached hydrogen (secondary N) is 2. The molecular weight excluding hydrogens is 345 g/mol. The molecular formula is C19H25N5OP+. The predicted octanol–water partition coefficient (Wildman–Crippen LogP) is 2.49. The van der Waals surface area contributed by atoms with Gasteiger partial charge in [-0.3, -0.25) is 4.79 Å². The fourth-order valence-electron chi connectivity index (χ4n) is 3.13. The van der Waals surface area contributed by atoms with E-state index in [2.05, 4.69) is 27.3 Å². The first-order valence-corrected chi connectivity index (χ1v) is 10.2. The van der Waals surface area contributed by atoms with Crippen molar-refractivity contribution in [2.24, 2.45) is 11.8 Å². The van der Waals surface area contributed by atoms with Gasteiger partial charge >= 0.3 is 0 Å². The zero-order valence-electron chi connectivity index (χ0n) is 15.1. The highest BCUT2D eigenvalue weighted by Crippen LogP contribution is 2.27. The van der Waals surface area contributed by atoms with E-state index in [-0.39, 0.29) is 5.91 Å². The fourth-order valence-corrected chi connectivity index (χ4v) is 4.39. The Kier molecular flexibility index (Phi) is 5.99. The minimum atomic E-state index is -0.884. The molecule has 1 amide bonds. The Morgan fingerprint density at radius 3 is 2.77 bits per heavy atom. The number of aromatic nitrogens is 1. The van der Waals surface area contributed by atoms with Gasteiger partial charge in [-0.2, -0.15) is 0 Å². The van der Waals surface area contributed by atoms with E-state index in [1.807, 2.05) is 49.1 Å². The van der Waals surface area contributed by atoms with Crippen LogP contribution in [0.5, 0.6) is 0 Å². The first kappa shape index (κ1) is 18.5. The molecule has 0 spiro atoms. The van der Waals surface area contributed by atoms with Crippen LogP contribution in [0.25, 0.3) is 0 Å². The van der Waals surface area contributed by atoms with Crippen LogP contribution in [0.1, 0.15) is 30.6 Å². The van der Waals surface area contributed by atoms with Gasteiger partial charge in [0.05, 0.1) is 5.56 Å². The maximum absolute atomic E-state index is 12.6. The smallest absolute Gasteiger partial charge is 0.257 e. The lowest BCUT2D eigenvalue weighted by atomic mass is 10.2. The van der Waals surface area contributed by atoms with Gasteiger partial charge in [-0.1, -0.05) is 30.3 Å². The number of carbonyl (C=O) groups excluding carboxylic acids is 1. The number of nitrogens with zero attached hydrogens (tertiary/aromatic N) is 2. The first-order valence-electron chi connectivity index (χ1n) is 8.78. The molecule has 2 heterocycles. The van der Waals surface area contributed by atoms with Gasteiger partial charge in [0.15, 0.2) is 5.82 Å². The summed E-state index contributed by atoms with van der Waals surface area (Å²) in [7, 11) is -0.884. The molecule has 0 radical (unpaired) electrons. The molecule has 26 heavy (non-hydrogen) atoms. The van der Waals surface area contributed by atoms with Crippen molar-refractivity contribution in [1.82, 2.24) is 10.2 Å². The van der Waals surface area contributed by atoms with Crippen molar-refractivity contribution in [3.63, 3.8) is 0 Å². The van der Waals surface area contributed by atoms with Gasteiger partial charge in [0, 0.05) is 31.0 Å². The SMILES string of the molecule is C/C=[P+](/NN)c1cc(C(=O)Nc2ccccc2)cnc1N1CCC(C)C1. The molecule has 136 valence electrons. The van der Waals surface area contributed by atoms with Gasteiger partial charge in [-0.25, -0.2) is 10.8 Å². The summed E-state index contributed by atoms with van der Waals surface area (Å²) >= 11 is 0. The summed E-state index contributed by atoms with van der Waals surface area (Å²) in [6.45, 7) is 6.18. The molecule has 1 saturated heterocycles. The number of amides is 1. The number of nitrogens with two attached hydrogens (primary N) is 1. The number of carbonyl (C=O) groups is 1. The summed E-state index contributed by atoms with van der Waals surface area (Å²) in [5, 5.41) is 6.77. The first-order chi connectivity index (χ1) is 12.6. The Bertz CT molecular complexity index is 809. The molecule has 4 N–H and O–H groups in total. The number of hydrogen-bond acceptors (Lipinski definition) is 5. The number of rotatable bonds is 5. The van der Waals surface area contributed by atoms with E-state index < -0.39 is 7.70 Å². The topological polar surface area (TPSA) is 83.3 Å². The highest BCUT2D eigenvalue weighted by molar-refractivity contribution is 7.63. The minimum Gasteiger partial charge on any atom is -0.353 e. The standard InChI is InChI=1S/C19H24N5OP/c1-3-26(23-20)17-11-15(19(25)22-16-7-5-4-6-8-16)12-21-18(17)24-10-9-14(2)13-24/h3-8,11-12,14,23H,9-10,13,20H2,1-2H3/p+1. The lowest BCUT2D eigenvalue weighted by Gasteiger charge is -2.18. The zero-order chi connectivity index (χ0) is 18.5. The average molecular weight is 370 g/mol. The van der Waals surface area contributed by atoms with Crippen LogP contribution in [0.3, 0.4) is 0 Å². The van der Waals surface area contributed by atoms with Gasteiger partial charge in [-0.05, 0) is 31.4 Å². The second-order valence-corrected chi connectivity index (χ2v) is 8.48. The molecule has 0 saturated carbocycles. The summed E-state index contributed by atoms with van der Waals surface area (Å²) in [5.41, 5.74) is 1.29. The molecule has 1 aromatic carbocycles. The van der Waals surface area contributed by atoms with E-state index in [1.54, 1.807) is 6.20 Å². The van der Waals surface area contributed by atoms with Crippen LogP contribution in [0, 0.1) is 5.92 Å². The summed E-state index contributed by atoms with van der Waals surface area (Å²) in [6.07, 6.45) is 2.81. The second-order valence-electron chi connectivity index (χ2n) is 6.48. The highest BCUT2D eigenvalue weighted by Gasteiger charge is 2.29. The van der Waals surface area contributed by atoms with Crippen LogP contribution in [-0.4, -0.2) is 29.8 Å². The van der Waals surface area contributed by atoms with E-state index in [4.69, 9.17) is 5.84 Å². The van der Waals surface area contributed by atoms with Crippen LogP contribution in [0.4, 0.5) is 11.5 Å². The van der Waals surface area contributed by atoms with Crippen molar-refractivity contribution in [3.8, 4) is 0 Å². The molecule has 0 bridgehead atoms. The number of pyridine rings is 1. The second kappa shape index (κ2) is 8.41. The quantitative estimate of drug-likeness (QED) is 0.428. The third kappa shape index (κ3) is 4.10. The third-order valence-corrected chi connectivity index (χ3v) is 6.16. The molecule has 3 rings (SSSR count). The minimum absolute atomic E-state index is 0.172. The molecule has 2 aromatic rings. The predicted molar refractivity (Wildman–Crippen MR) is 110 cm³/mol. The van der Waals surface area contributed by atoms with Crippen LogP contribution in [0.2, 0.25) is 0 Å². The number of anilines is 2. The van der Waals surface area contributed by atoms with Crippen molar-refractivity contribution in [1.29, 1.82) is 0 Å². The molecule has 2 unspecified atom stereocenters. The maximum Gasteiger partial charge on any atom is 0.257 e. The van der Waals surface area contributed by atoms with E-state index in [0.29, 0.717) is 11.5 Å². The molecule has 0 aliphatic carbocycles. The Balaban J connectivity index is 1.92. The maximum atomic E-state index is 12.6. The van der Waals surface area contributed by atoms with Crippen molar-refractivity contribution in [2.75, 3.05) is 23.3 Å². The Hall–Kier alpha value is -2.27. The lowest BCUT2D eigenvalue weighted by molar-refractivity contribution is 0.102. The van der Waals surface area contributed by atoms with Crippen molar-refractivity contribution in [2.45, 2.75) is 20.3 Å². The van der Waals surface area contributed by atoms with E-state index in [1.165, 1.54) is 0 Å². The van der Waals surface area contributed by atoms with Crippen molar-refractivity contribution in [3.05, 3.63) is 48.2 Å².